The zero-order valence-electron chi connectivity index (χ0n) is 9.94. The molecule has 1 heterocycles. The summed E-state index contributed by atoms with van der Waals surface area (Å²) in [7, 11) is 0. The lowest BCUT2D eigenvalue weighted by Crippen LogP contribution is -2.22. The standard InChI is InChI=1S/C13H13ClN2OS/c1-9(17)15-7-6-13-16-12(8-18-13)10-2-4-11(14)5-3-10/h2-5,8H,6-7H2,1H3,(H,15,17). The molecule has 0 unspecified atom stereocenters. The van der Waals surface area contributed by atoms with E-state index in [-0.39, 0.29) is 5.91 Å². The molecular weight excluding hydrogens is 268 g/mol. The van der Waals surface area contributed by atoms with Crippen LogP contribution in [0, 0.1) is 0 Å². The van der Waals surface area contributed by atoms with Crippen molar-refractivity contribution in [3.05, 3.63) is 39.7 Å². The molecule has 18 heavy (non-hydrogen) atoms. The molecule has 1 amide bonds. The molecule has 0 aliphatic heterocycles. The fourth-order valence-electron chi connectivity index (χ4n) is 1.52. The second kappa shape index (κ2) is 5.98. The van der Waals surface area contributed by atoms with E-state index in [9.17, 15) is 4.79 Å². The Hall–Kier alpha value is -1.39. The molecule has 1 aromatic heterocycles. The van der Waals surface area contributed by atoms with Crippen molar-refractivity contribution >= 4 is 28.8 Å². The van der Waals surface area contributed by atoms with E-state index in [0.29, 0.717) is 6.54 Å². The van der Waals surface area contributed by atoms with Gasteiger partial charge in [0.15, 0.2) is 0 Å². The highest BCUT2D eigenvalue weighted by Gasteiger charge is 2.04. The van der Waals surface area contributed by atoms with E-state index in [1.807, 2.05) is 29.6 Å². The fraction of sp³-hybridized carbons (Fsp3) is 0.231. The van der Waals surface area contributed by atoms with Gasteiger partial charge in [-0.05, 0) is 12.1 Å². The number of hydrogen-bond acceptors (Lipinski definition) is 3. The van der Waals surface area contributed by atoms with Gasteiger partial charge >= 0.3 is 0 Å². The zero-order valence-corrected chi connectivity index (χ0v) is 11.5. The number of nitrogens with one attached hydrogen (secondary N) is 1. The Balaban J connectivity index is 2.01. The van der Waals surface area contributed by atoms with Crippen molar-refractivity contribution in [1.82, 2.24) is 10.3 Å². The maximum absolute atomic E-state index is 10.8. The Morgan fingerprint density at radius 2 is 2.11 bits per heavy atom. The van der Waals surface area contributed by atoms with Gasteiger partial charge < -0.3 is 5.32 Å². The van der Waals surface area contributed by atoms with Crippen LogP contribution in [0.4, 0.5) is 0 Å². The van der Waals surface area contributed by atoms with E-state index in [4.69, 9.17) is 11.6 Å². The van der Waals surface area contributed by atoms with E-state index < -0.39 is 0 Å². The molecule has 94 valence electrons. The number of amides is 1. The highest BCUT2D eigenvalue weighted by molar-refractivity contribution is 7.09. The summed E-state index contributed by atoms with van der Waals surface area (Å²) in [6.07, 6.45) is 0.762. The molecule has 1 N–H and O–H groups in total. The number of aromatic nitrogens is 1. The third-order valence-corrected chi connectivity index (χ3v) is 3.57. The molecule has 3 nitrogen and oxygen atoms in total. The summed E-state index contributed by atoms with van der Waals surface area (Å²) in [6, 6.07) is 7.62. The number of rotatable bonds is 4. The van der Waals surface area contributed by atoms with E-state index in [2.05, 4.69) is 10.3 Å². The van der Waals surface area contributed by atoms with Crippen molar-refractivity contribution in [1.29, 1.82) is 0 Å². The van der Waals surface area contributed by atoms with Crippen LogP contribution in [0.2, 0.25) is 5.02 Å². The van der Waals surface area contributed by atoms with E-state index >= 15 is 0 Å². The van der Waals surface area contributed by atoms with Crippen LogP contribution in [0.1, 0.15) is 11.9 Å². The summed E-state index contributed by atoms with van der Waals surface area (Å²) < 4.78 is 0. The van der Waals surface area contributed by atoms with Crippen LogP contribution < -0.4 is 5.32 Å². The second-order valence-electron chi connectivity index (χ2n) is 3.87. The molecular formula is C13H13ClN2OS. The Kier molecular flexibility index (Phi) is 4.33. The largest absolute Gasteiger partial charge is 0.356 e. The molecule has 0 aliphatic rings. The Labute approximate surface area is 115 Å². The van der Waals surface area contributed by atoms with Crippen LogP contribution in [0.25, 0.3) is 11.3 Å². The van der Waals surface area contributed by atoms with Crippen molar-refractivity contribution in [2.45, 2.75) is 13.3 Å². The Morgan fingerprint density at radius 1 is 1.39 bits per heavy atom. The molecule has 5 heteroatoms. The summed E-state index contributed by atoms with van der Waals surface area (Å²) >= 11 is 7.45. The number of carbonyl (C=O) groups is 1. The summed E-state index contributed by atoms with van der Waals surface area (Å²) in [6.45, 7) is 2.14. The van der Waals surface area contributed by atoms with E-state index in [1.165, 1.54) is 6.92 Å². The van der Waals surface area contributed by atoms with Crippen LogP contribution in [0.15, 0.2) is 29.6 Å². The van der Waals surface area contributed by atoms with Crippen LogP contribution in [0.5, 0.6) is 0 Å². The average molecular weight is 281 g/mol. The van der Waals surface area contributed by atoms with Gasteiger partial charge in [-0.1, -0.05) is 23.7 Å². The number of benzene rings is 1. The highest BCUT2D eigenvalue weighted by Crippen LogP contribution is 2.23. The summed E-state index contributed by atoms with van der Waals surface area (Å²) in [5, 5.41) is 6.52. The maximum Gasteiger partial charge on any atom is 0.216 e. The van der Waals surface area contributed by atoms with Crippen LogP contribution in [-0.2, 0) is 11.2 Å². The SMILES string of the molecule is CC(=O)NCCc1nc(-c2ccc(Cl)cc2)cs1. The molecule has 0 radical (unpaired) electrons. The molecule has 0 saturated heterocycles. The molecule has 2 rings (SSSR count). The minimum atomic E-state index is -0.00974. The molecule has 0 spiro atoms. The first-order valence-electron chi connectivity index (χ1n) is 5.60. The van der Waals surface area contributed by atoms with Gasteiger partial charge in [0.2, 0.25) is 5.91 Å². The van der Waals surface area contributed by atoms with Gasteiger partial charge in [0, 0.05) is 35.9 Å². The number of carbonyl (C=O) groups excluding carboxylic acids is 1. The molecule has 1 aromatic carbocycles. The van der Waals surface area contributed by atoms with Crippen molar-refractivity contribution < 1.29 is 4.79 Å². The second-order valence-corrected chi connectivity index (χ2v) is 5.25. The third-order valence-electron chi connectivity index (χ3n) is 2.40. The van der Waals surface area contributed by atoms with Gasteiger partial charge in [0.05, 0.1) is 10.7 Å². The van der Waals surface area contributed by atoms with Gasteiger partial charge in [-0.3, -0.25) is 4.79 Å². The maximum atomic E-state index is 10.8. The van der Waals surface area contributed by atoms with Gasteiger partial charge in [-0.15, -0.1) is 11.3 Å². The summed E-state index contributed by atoms with van der Waals surface area (Å²) in [5.74, 6) is -0.00974. The first-order valence-corrected chi connectivity index (χ1v) is 6.85. The summed E-state index contributed by atoms with van der Waals surface area (Å²) in [5.41, 5.74) is 2.01. The predicted molar refractivity (Wildman–Crippen MR) is 74.9 cm³/mol. The Bertz CT molecular complexity index is 536. The topological polar surface area (TPSA) is 42.0 Å². The average Bonchev–Trinajstić information content (AvgIpc) is 2.78. The number of nitrogens with zero attached hydrogens (tertiary/aromatic N) is 1. The number of halogens is 1. The molecule has 0 atom stereocenters. The minimum Gasteiger partial charge on any atom is -0.356 e. The van der Waals surface area contributed by atoms with Crippen molar-refractivity contribution in [3.63, 3.8) is 0 Å². The molecule has 0 fully saturated rings. The summed E-state index contributed by atoms with van der Waals surface area (Å²) in [4.78, 5) is 15.3. The van der Waals surface area contributed by atoms with Crippen molar-refractivity contribution in [2.75, 3.05) is 6.54 Å². The van der Waals surface area contributed by atoms with Crippen LogP contribution >= 0.6 is 22.9 Å². The first-order chi connectivity index (χ1) is 8.65. The van der Waals surface area contributed by atoms with E-state index in [0.717, 1.165) is 27.7 Å². The van der Waals surface area contributed by atoms with Crippen molar-refractivity contribution in [3.8, 4) is 11.3 Å². The van der Waals surface area contributed by atoms with Gasteiger partial charge in [0.25, 0.3) is 0 Å². The molecule has 0 saturated carbocycles. The predicted octanol–water partition coefficient (Wildman–Crippen LogP) is 3.14. The minimum absolute atomic E-state index is 0.00974. The highest BCUT2D eigenvalue weighted by atomic mass is 35.5. The first kappa shape index (κ1) is 13.1. The fourth-order valence-corrected chi connectivity index (χ4v) is 2.46. The quantitative estimate of drug-likeness (QED) is 0.935. The molecule has 0 aliphatic carbocycles. The zero-order chi connectivity index (χ0) is 13.0. The number of hydrogen-bond donors (Lipinski definition) is 1. The monoisotopic (exact) mass is 280 g/mol. The van der Waals surface area contributed by atoms with Crippen molar-refractivity contribution in [2.24, 2.45) is 0 Å². The molecule has 2 aromatic rings. The van der Waals surface area contributed by atoms with Crippen LogP contribution in [0.3, 0.4) is 0 Å². The van der Waals surface area contributed by atoms with Gasteiger partial charge in [-0.25, -0.2) is 4.98 Å². The smallest absolute Gasteiger partial charge is 0.216 e. The third kappa shape index (κ3) is 3.55. The lowest BCUT2D eigenvalue weighted by molar-refractivity contribution is -0.118. The normalized spacial score (nSPS) is 10.3. The lowest BCUT2D eigenvalue weighted by Gasteiger charge is -1.98. The van der Waals surface area contributed by atoms with Gasteiger partial charge in [0.1, 0.15) is 0 Å². The van der Waals surface area contributed by atoms with Gasteiger partial charge in [-0.2, -0.15) is 0 Å². The van der Waals surface area contributed by atoms with Crippen LogP contribution in [-0.4, -0.2) is 17.4 Å². The lowest BCUT2D eigenvalue weighted by atomic mass is 10.2. The number of thiazole rings is 1. The Morgan fingerprint density at radius 3 is 2.78 bits per heavy atom. The molecule has 0 bridgehead atoms. The van der Waals surface area contributed by atoms with E-state index in [1.54, 1.807) is 11.3 Å².